The molecule has 0 bridgehead atoms. The summed E-state index contributed by atoms with van der Waals surface area (Å²) in [6, 6.07) is 10.1. The lowest BCUT2D eigenvalue weighted by molar-refractivity contribution is 0.0453. The number of hydrogen-bond donors (Lipinski definition) is 1. The van der Waals surface area contributed by atoms with E-state index in [0.29, 0.717) is 24.3 Å². The molecule has 5 rings (SSSR count). The molecular formula is C24H22F2N6O3S. The van der Waals surface area contributed by atoms with Crippen LogP contribution < -0.4 is 16.2 Å². The van der Waals surface area contributed by atoms with Crippen LogP contribution in [0, 0.1) is 18.6 Å². The van der Waals surface area contributed by atoms with E-state index < -0.39 is 22.9 Å². The Morgan fingerprint density at radius 3 is 2.64 bits per heavy atom. The summed E-state index contributed by atoms with van der Waals surface area (Å²) in [6.07, 6.45) is 1.27. The molecule has 0 saturated carbocycles. The number of thiazole rings is 1. The fourth-order valence-electron chi connectivity index (χ4n) is 3.91. The maximum absolute atomic E-state index is 14.9. The van der Waals surface area contributed by atoms with Crippen LogP contribution in [-0.2, 0) is 6.54 Å². The van der Waals surface area contributed by atoms with Crippen LogP contribution in [0.1, 0.15) is 28.0 Å². The average Bonchev–Trinajstić information content (AvgIpc) is 3.37. The van der Waals surface area contributed by atoms with Gasteiger partial charge in [0.15, 0.2) is 16.6 Å². The summed E-state index contributed by atoms with van der Waals surface area (Å²) in [7, 11) is 0. The molecule has 9 nitrogen and oxygen atoms in total. The molecule has 1 aliphatic heterocycles. The molecule has 0 radical (unpaired) electrons. The van der Waals surface area contributed by atoms with Crippen molar-refractivity contribution in [3.05, 3.63) is 87.2 Å². The van der Waals surface area contributed by atoms with Crippen LogP contribution in [0.4, 0.5) is 8.78 Å². The number of nitrogens with zero attached hydrogens (tertiary/aromatic N) is 5. The van der Waals surface area contributed by atoms with Crippen LogP contribution in [0.15, 0.2) is 53.6 Å². The summed E-state index contributed by atoms with van der Waals surface area (Å²) >= 11 is 1.02. The van der Waals surface area contributed by atoms with Crippen molar-refractivity contribution in [2.75, 3.05) is 13.1 Å². The molecule has 2 N–H and O–H groups in total. The number of likely N-dealkylation sites (tertiary alicyclic amines) is 1. The van der Waals surface area contributed by atoms with E-state index in [-0.39, 0.29) is 34.0 Å². The highest BCUT2D eigenvalue weighted by atomic mass is 32.1. The van der Waals surface area contributed by atoms with Gasteiger partial charge in [0.1, 0.15) is 12.1 Å². The van der Waals surface area contributed by atoms with Crippen molar-refractivity contribution in [3.8, 4) is 16.5 Å². The number of hydrogen-bond acceptors (Lipinski definition) is 7. The Morgan fingerprint density at radius 1 is 1.19 bits per heavy atom. The van der Waals surface area contributed by atoms with Gasteiger partial charge in [-0.3, -0.25) is 9.36 Å². The first-order valence-electron chi connectivity index (χ1n) is 11.0. The Bertz CT molecular complexity index is 1520. The standard InChI is InChI=1S/C24H22F2N6O3S/c1-14-22(36-20(29-14)21(33)31-11-24(2,27)12-31)35-19-8-7-16(9-18(19)26)32-23(34)30(13-28-32)10-15-5-3-4-6-17(15)25/h3-9,13H,10-12,27H2,1-2H3. The molecule has 1 fully saturated rings. The van der Waals surface area contributed by atoms with Gasteiger partial charge >= 0.3 is 5.69 Å². The summed E-state index contributed by atoms with van der Waals surface area (Å²) in [5, 5.41) is 4.54. The highest BCUT2D eigenvalue weighted by molar-refractivity contribution is 7.15. The molecule has 3 heterocycles. The molecule has 1 saturated heterocycles. The lowest BCUT2D eigenvalue weighted by Gasteiger charge is -2.44. The zero-order valence-corrected chi connectivity index (χ0v) is 20.3. The molecule has 0 aliphatic carbocycles. The van der Waals surface area contributed by atoms with Crippen molar-refractivity contribution in [1.29, 1.82) is 0 Å². The number of aryl methyl sites for hydroxylation is 1. The quantitative estimate of drug-likeness (QED) is 0.425. The van der Waals surface area contributed by atoms with Crippen LogP contribution in [0.3, 0.4) is 0 Å². The van der Waals surface area contributed by atoms with Crippen molar-refractivity contribution < 1.29 is 18.3 Å². The van der Waals surface area contributed by atoms with Gasteiger partial charge < -0.3 is 15.4 Å². The number of aromatic nitrogens is 4. The maximum Gasteiger partial charge on any atom is 0.350 e. The minimum Gasteiger partial charge on any atom is -0.442 e. The van der Waals surface area contributed by atoms with Crippen LogP contribution >= 0.6 is 11.3 Å². The number of rotatable bonds is 6. The first-order valence-corrected chi connectivity index (χ1v) is 11.8. The fourth-order valence-corrected chi connectivity index (χ4v) is 4.81. The van der Waals surface area contributed by atoms with Gasteiger partial charge in [0.05, 0.1) is 17.9 Å². The predicted octanol–water partition coefficient (Wildman–Crippen LogP) is 3.09. The van der Waals surface area contributed by atoms with Gasteiger partial charge in [-0.1, -0.05) is 29.5 Å². The third kappa shape index (κ3) is 4.52. The van der Waals surface area contributed by atoms with Crippen molar-refractivity contribution in [1.82, 2.24) is 24.2 Å². The largest absolute Gasteiger partial charge is 0.442 e. The van der Waals surface area contributed by atoms with Gasteiger partial charge in [-0.25, -0.2) is 18.6 Å². The molecule has 1 aliphatic rings. The van der Waals surface area contributed by atoms with Gasteiger partial charge in [-0.2, -0.15) is 9.78 Å². The van der Waals surface area contributed by atoms with Crippen LogP contribution in [0.25, 0.3) is 5.69 Å². The van der Waals surface area contributed by atoms with E-state index in [1.807, 2.05) is 6.92 Å². The van der Waals surface area contributed by atoms with E-state index in [2.05, 4.69) is 10.1 Å². The number of carbonyl (C=O) groups is 1. The summed E-state index contributed by atoms with van der Waals surface area (Å²) < 4.78 is 36.8. The lowest BCUT2D eigenvalue weighted by Crippen LogP contribution is -2.66. The molecule has 4 aromatic rings. The van der Waals surface area contributed by atoms with Gasteiger partial charge in [-0.05, 0) is 32.0 Å². The monoisotopic (exact) mass is 512 g/mol. The van der Waals surface area contributed by atoms with Crippen molar-refractivity contribution in [3.63, 3.8) is 0 Å². The maximum atomic E-state index is 14.9. The Hall–Kier alpha value is -3.90. The zero-order valence-electron chi connectivity index (χ0n) is 19.4. The Morgan fingerprint density at radius 2 is 1.94 bits per heavy atom. The zero-order chi connectivity index (χ0) is 25.6. The van der Waals surface area contributed by atoms with E-state index in [9.17, 15) is 18.4 Å². The molecule has 0 spiro atoms. The topological polar surface area (TPSA) is 108 Å². The van der Waals surface area contributed by atoms with Crippen molar-refractivity contribution >= 4 is 17.2 Å². The minimum absolute atomic E-state index is 0.0111. The van der Waals surface area contributed by atoms with Gasteiger partial charge in [-0.15, -0.1) is 0 Å². The van der Waals surface area contributed by atoms with E-state index in [1.54, 1.807) is 30.0 Å². The van der Waals surface area contributed by atoms with Crippen LogP contribution in [-0.4, -0.2) is 48.8 Å². The molecule has 0 unspecified atom stereocenters. The molecule has 2 aromatic carbocycles. The Labute approximate surface area is 208 Å². The van der Waals surface area contributed by atoms with Crippen molar-refractivity contribution in [2.24, 2.45) is 5.73 Å². The Kier molecular flexibility index (Phi) is 5.92. The molecule has 1 amide bonds. The van der Waals surface area contributed by atoms with Gasteiger partial charge in [0.25, 0.3) is 5.91 Å². The average molecular weight is 513 g/mol. The molecule has 186 valence electrons. The second-order valence-corrected chi connectivity index (χ2v) is 9.93. The highest BCUT2D eigenvalue weighted by Gasteiger charge is 2.39. The van der Waals surface area contributed by atoms with Gasteiger partial charge in [0, 0.05) is 30.3 Å². The molecule has 2 aromatic heterocycles. The number of nitrogens with two attached hydrogens (primary N) is 1. The van der Waals surface area contributed by atoms with Crippen LogP contribution in [0.5, 0.6) is 10.8 Å². The Balaban J connectivity index is 1.33. The predicted molar refractivity (Wildman–Crippen MR) is 129 cm³/mol. The first kappa shape index (κ1) is 23.8. The first-order chi connectivity index (χ1) is 17.1. The number of benzene rings is 2. The minimum atomic E-state index is -0.731. The van der Waals surface area contributed by atoms with Crippen molar-refractivity contribution in [2.45, 2.75) is 25.9 Å². The number of amides is 1. The highest BCUT2D eigenvalue weighted by Crippen LogP contribution is 2.34. The normalized spacial score (nSPS) is 14.5. The van der Waals surface area contributed by atoms with E-state index in [0.717, 1.165) is 22.1 Å². The number of halogens is 2. The second kappa shape index (κ2) is 8.95. The van der Waals surface area contributed by atoms with E-state index >= 15 is 0 Å². The molecule has 36 heavy (non-hydrogen) atoms. The summed E-state index contributed by atoms with van der Waals surface area (Å²) in [4.78, 5) is 31.2. The molecule has 12 heteroatoms. The molecular weight excluding hydrogens is 490 g/mol. The smallest absolute Gasteiger partial charge is 0.350 e. The second-order valence-electron chi connectivity index (χ2n) is 8.97. The third-order valence-electron chi connectivity index (χ3n) is 5.72. The third-order valence-corrected chi connectivity index (χ3v) is 6.75. The summed E-state index contributed by atoms with van der Waals surface area (Å²) in [5.41, 5.74) is 5.98. The number of ether oxygens (including phenoxy) is 1. The fraction of sp³-hybridized carbons (Fsp3) is 0.250. The van der Waals surface area contributed by atoms with E-state index in [4.69, 9.17) is 10.5 Å². The number of carbonyl (C=O) groups excluding carboxylic acids is 1. The van der Waals surface area contributed by atoms with E-state index in [1.165, 1.54) is 29.1 Å². The van der Waals surface area contributed by atoms with Gasteiger partial charge in [0.2, 0.25) is 5.06 Å². The lowest BCUT2D eigenvalue weighted by atomic mass is 9.94. The summed E-state index contributed by atoms with van der Waals surface area (Å²) in [6.45, 7) is 4.40. The van der Waals surface area contributed by atoms with Crippen LogP contribution in [0.2, 0.25) is 0 Å². The SMILES string of the molecule is Cc1nc(C(=O)N2CC(C)(N)C2)sc1Oc1ccc(-n2ncn(Cc3ccccc3F)c2=O)cc1F. The summed E-state index contributed by atoms with van der Waals surface area (Å²) in [5.74, 6) is -1.51. The molecule has 0 atom stereocenters.